The minimum Gasteiger partial charge on any atom is -0.340 e. The topological polar surface area (TPSA) is 46.3 Å². The lowest BCUT2D eigenvalue weighted by Crippen LogP contribution is -2.33. The van der Waals surface area contributed by atoms with E-state index in [1.54, 1.807) is 0 Å². The molecule has 2 atom stereocenters. The van der Waals surface area contributed by atoms with E-state index in [4.69, 9.17) is 5.73 Å². The van der Waals surface area contributed by atoms with Crippen LogP contribution in [0.25, 0.3) is 0 Å². The second-order valence-corrected chi connectivity index (χ2v) is 6.72. The van der Waals surface area contributed by atoms with Crippen LogP contribution in [-0.2, 0) is 11.2 Å². The fraction of sp³-hybridized carbons (Fsp3) is 0.611. The Morgan fingerprint density at radius 1 is 1.29 bits per heavy atom. The van der Waals surface area contributed by atoms with Crippen LogP contribution in [0.4, 0.5) is 0 Å². The molecule has 1 aliphatic heterocycles. The number of rotatable bonds is 6. The third-order valence-electron chi connectivity index (χ3n) is 4.34. The van der Waals surface area contributed by atoms with Crippen molar-refractivity contribution in [3.05, 3.63) is 35.4 Å². The van der Waals surface area contributed by atoms with Crippen molar-refractivity contribution in [2.24, 2.45) is 17.6 Å². The van der Waals surface area contributed by atoms with E-state index in [1.165, 1.54) is 5.56 Å². The van der Waals surface area contributed by atoms with Crippen molar-refractivity contribution >= 4 is 5.91 Å². The molecule has 116 valence electrons. The Morgan fingerprint density at radius 3 is 2.48 bits per heavy atom. The lowest BCUT2D eigenvalue weighted by atomic mass is 9.99. The van der Waals surface area contributed by atoms with Gasteiger partial charge in [0.15, 0.2) is 0 Å². The first-order valence-electron chi connectivity index (χ1n) is 8.11. The van der Waals surface area contributed by atoms with Gasteiger partial charge in [0.2, 0.25) is 5.91 Å². The van der Waals surface area contributed by atoms with E-state index in [-0.39, 0.29) is 11.9 Å². The standard InChI is InChI=1S/C18H28N2O/c1-4-14-10-18(21)20(11-14)12-17(19)16-7-5-15(6-8-16)9-13(2)3/h5-8,13-14,17H,4,9-12,19H2,1-3H3. The van der Waals surface area contributed by atoms with E-state index < -0.39 is 0 Å². The molecule has 1 aromatic carbocycles. The van der Waals surface area contributed by atoms with Gasteiger partial charge in [-0.05, 0) is 29.4 Å². The van der Waals surface area contributed by atoms with Gasteiger partial charge >= 0.3 is 0 Å². The Balaban J connectivity index is 1.94. The summed E-state index contributed by atoms with van der Waals surface area (Å²) in [6.07, 6.45) is 2.86. The van der Waals surface area contributed by atoms with E-state index in [1.807, 2.05) is 4.90 Å². The van der Waals surface area contributed by atoms with Gasteiger partial charge in [0.1, 0.15) is 0 Å². The monoisotopic (exact) mass is 288 g/mol. The summed E-state index contributed by atoms with van der Waals surface area (Å²) in [5, 5.41) is 0. The van der Waals surface area contributed by atoms with Gasteiger partial charge < -0.3 is 10.6 Å². The van der Waals surface area contributed by atoms with Crippen molar-refractivity contribution in [2.45, 2.75) is 46.1 Å². The third kappa shape index (κ3) is 4.31. The fourth-order valence-corrected chi connectivity index (χ4v) is 3.02. The van der Waals surface area contributed by atoms with Crippen LogP contribution in [0.1, 0.15) is 50.8 Å². The maximum Gasteiger partial charge on any atom is 0.222 e. The van der Waals surface area contributed by atoms with E-state index in [2.05, 4.69) is 45.0 Å². The van der Waals surface area contributed by atoms with Crippen LogP contribution in [0.2, 0.25) is 0 Å². The van der Waals surface area contributed by atoms with Crippen molar-refractivity contribution in [3.63, 3.8) is 0 Å². The highest BCUT2D eigenvalue weighted by atomic mass is 16.2. The van der Waals surface area contributed by atoms with Crippen LogP contribution in [-0.4, -0.2) is 23.9 Å². The molecule has 1 amide bonds. The molecule has 0 aliphatic carbocycles. The van der Waals surface area contributed by atoms with Crippen LogP contribution in [0.3, 0.4) is 0 Å². The van der Waals surface area contributed by atoms with Crippen molar-refractivity contribution in [1.29, 1.82) is 0 Å². The van der Waals surface area contributed by atoms with Gasteiger partial charge in [-0.2, -0.15) is 0 Å². The number of likely N-dealkylation sites (tertiary alicyclic amines) is 1. The predicted molar refractivity (Wildman–Crippen MR) is 86.9 cm³/mol. The minimum absolute atomic E-state index is 0.0855. The first-order valence-corrected chi connectivity index (χ1v) is 8.11. The first kappa shape index (κ1) is 16.0. The quantitative estimate of drug-likeness (QED) is 0.874. The highest BCUT2D eigenvalue weighted by Crippen LogP contribution is 2.23. The zero-order chi connectivity index (χ0) is 15.4. The first-order chi connectivity index (χ1) is 9.99. The van der Waals surface area contributed by atoms with E-state index in [0.29, 0.717) is 24.8 Å². The van der Waals surface area contributed by atoms with Crippen molar-refractivity contribution < 1.29 is 4.79 Å². The number of hydrogen-bond donors (Lipinski definition) is 1. The molecule has 0 radical (unpaired) electrons. The highest BCUT2D eigenvalue weighted by molar-refractivity contribution is 5.78. The van der Waals surface area contributed by atoms with Gasteiger partial charge in [0, 0.05) is 25.6 Å². The average Bonchev–Trinajstić information content (AvgIpc) is 2.79. The summed E-state index contributed by atoms with van der Waals surface area (Å²) in [7, 11) is 0. The molecule has 2 unspecified atom stereocenters. The molecule has 0 spiro atoms. The Labute approximate surface area is 128 Å². The average molecular weight is 288 g/mol. The van der Waals surface area contributed by atoms with Gasteiger partial charge in [-0.25, -0.2) is 0 Å². The predicted octanol–water partition coefficient (Wildman–Crippen LogP) is 3.14. The number of carbonyl (C=O) groups is 1. The lowest BCUT2D eigenvalue weighted by Gasteiger charge is -2.22. The largest absolute Gasteiger partial charge is 0.340 e. The van der Waals surface area contributed by atoms with Gasteiger partial charge in [0.25, 0.3) is 0 Å². The van der Waals surface area contributed by atoms with Crippen LogP contribution in [0.5, 0.6) is 0 Å². The number of nitrogens with two attached hydrogens (primary N) is 1. The maximum absolute atomic E-state index is 12.0. The Kier molecular flexibility index (Phi) is 5.40. The van der Waals surface area contributed by atoms with Crippen LogP contribution in [0, 0.1) is 11.8 Å². The van der Waals surface area contributed by atoms with Crippen molar-refractivity contribution in [1.82, 2.24) is 4.90 Å². The maximum atomic E-state index is 12.0. The third-order valence-corrected chi connectivity index (χ3v) is 4.34. The second kappa shape index (κ2) is 7.08. The number of nitrogens with zero attached hydrogens (tertiary/aromatic N) is 1. The molecule has 3 nitrogen and oxygen atoms in total. The van der Waals surface area contributed by atoms with E-state index in [0.717, 1.165) is 24.9 Å². The molecule has 0 bridgehead atoms. The lowest BCUT2D eigenvalue weighted by molar-refractivity contribution is -0.127. The minimum atomic E-state index is -0.0855. The Hall–Kier alpha value is -1.35. The molecule has 0 aromatic heterocycles. The number of hydrogen-bond acceptors (Lipinski definition) is 2. The fourth-order valence-electron chi connectivity index (χ4n) is 3.02. The van der Waals surface area contributed by atoms with Crippen molar-refractivity contribution in [3.8, 4) is 0 Å². The molecular formula is C18H28N2O. The highest BCUT2D eigenvalue weighted by Gasteiger charge is 2.29. The molecule has 2 rings (SSSR count). The summed E-state index contributed by atoms with van der Waals surface area (Å²) >= 11 is 0. The summed E-state index contributed by atoms with van der Waals surface area (Å²) in [5.41, 5.74) is 8.75. The summed E-state index contributed by atoms with van der Waals surface area (Å²) in [6, 6.07) is 8.46. The summed E-state index contributed by atoms with van der Waals surface area (Å²) < 4.78 is 0. The molecule has 21 heavy (non-hydrogen) atoms. The number of amides is 1. The van der Waals surface area contributed by atoms with E-state index in [9.17, 15) is 4.79 Å². The SMILES string of the molecule is CCC1CC(=O)N(CC(N)c2ccc(CC(C)C)cc2)C1. The summed E-state index contributed by atoms with van der Waals surface area (Å²) in [6.45, 7) is 8.10. The summed E-state index contributed by atoms with van der Waals surface area (Å²) in [4.78, 5) is 13.9. The van der Waals surface area contributed by atoms with Crippen LogP contribution < -0.4 is 5.73 Å². The smallest absolute Gasteiger partial charge is 0.222 e. The molecular weight excluding hydrogens is 260 g/mol. The van der Waals surface area contributed by atoms with Crippen molar-refractivity contribution in [2.75, 3.05) is 13.1 Å². The second-order valence-electron chi connectivity index (χ2n) is 6.72. The molecule has 1 fully saturated rings. The zero-order valence-electron chi connectivity index (χ0n) is 13.5. The van der Waals surface area contributed by atoms with Crippen LogP contribution in [0.15, 0.2) is 24.3 Å². The zero-order valence-corrected chi connectivity index (χ0v) is 13.5. The molecule has 2 N–H and O–H groups in total. The molecule has 1 aliphatic rings. The van der Waals surface area contributed by atoms with Crippen LogP contribution >= 0.6 is 0 Å². The molecule has 1 saturated heterocycles. The van der Waals surface area contributed by atoms with Gasteiger partial charge in [0.05, 0.1) is 0 Å². The van der Waals surface area contributed by atoms with Gasteiger partial charge in [-0.3, -0.25) is 4.79 Å². The molecule has 3 heteroatoms. The molecule has 1 aromatic rings. The van der Waals surface area contributed by atoms with Gasteiger partial charge in [-0.1, -0.05) is 51.5 Å². The summed E-state index contributed by atoms with van der Waals surface area (Å²) in [5.74, 6) is 1.43. The van der Waals surface area contributed by atoms with E-state index >= 15 is 0 Å². The molecule has 0 saturated carbocycles. The normalized spacial score (nSPS) is 20.3. The number of benzene rings is 1. The molecule has 1 heterocycles. The van der Waals surface area contributed by atoms with Gasteiger partial charge in [-0.15, -0.1) is 0 Å². The number of carbonyl (C=O) groups excluding carboxylic acids is 1. The Bertz CT molecular complexity index is 467. The Morgan fingerprint density at radius 2 is 1.95 bits per heavy atom.